The fraction of sp³-hybridized carbons (Fsp3) is 0.588. The summed E-state index contributed by atoms with van der Waals surface area (Å²) in [6, 6.07) is 4.03. The summed E-state index contributed by atoms with van der Waals surface area (Å²) in [4.78, 5) is 9.79. The Morgan fingerprint density at radius 2 is 2.05 bits per heavy atom. The van der Waals surface area contributed by atoms with Gasteiger partial charge in [0.1, 0.15) is 11.6 Å². The van der Waals surface area contributed by atoms with Gasteiger partial charge in [-0.05, 0) is 38.9 Å². The molecule has 0 N–H and O–H groups in total. The number of likely N-dealkylation sites (N-methyl/N-ethyl adjacent to an activating group) is 1. The Balaban J connectivity index is 1.54. The Morgan fingerprint density at radius 3 is 2.77 bits per heavy atom. The molecule has 0 aliphatic carbocycles. The van der Waals surface area contributed by atoms with E-state index >= 15 is 0 Å². The normalized spacial score (nSPS) is 22.1. The maximum atomic E-state index is 5.49. The second-order valence-corrected chi connectivity index (χ2v) is 6.68. The highest BCUT2D eigenvalue weighted by molar-refractivity contribution is 5.18. The van der Waals surface area contributed by atoms with Crippen LogP contribution in [0.3, 0.4) is 0 Å². The third-order valence-electron chi connectivity index (χ3n) is 5.50. The summed E-state index contributed by atoms with van der Waals surface area (Å²) < 4.78 is 7.90. The van der Waals surface area contributed by atoms with Gasteiger partial charge < -0.3 is 8.98 Å². The van der Waals surface area contributed by atoms with Crippen molar-refractivity contribution in [3.05, 3.63) is 41.9 Å². The van der Waals surface area contributed by atoms with Crippen LogP contribution in [0.25, 0.3) is 0 Å². The molecular formula is C17H24N4O. The van der Waals surface area contributed by atoms with E-state index in [0.29, 0.717) is 0 Å². The molecular weight excluding hydrogens is 276 g/mol. The van der Waals surface area contributed by atoms with Crippen LogP contribution < -0.4 is 0 Å². The van der Waals surface area contributed by atoms with E-state index in [2.05, 4.69) is 34.4 Å². The summed E-state index contributed by atoms with van der Waals surface area (Å²) in [6.07, 6.45) is 6.07. The van der Waals surface area contributed by atoms with Gasteiger partial charge in [-0.3, -0.25) is 9.80 Å². The van der Waals surface area contributed by atoms with Crippen LogP contribution in [0, 0.1) is 6.92 Å². The van der Waals surface area contributed by atoms with Gasteiger partial charge in [0.15, 0.2) is 0 Å². The van der Waals surface area contributed by atoms with Crippen molar-refractivity contribution >= 4 is 0 Å². The van der Waals surface area contributed by atoms with Crippen molar-refractivity contribution < 1.29 is 4.42 Å². The van der Waals surface area contributed by atoms with E-state index in [4.69, 9.17) is 9.40 Å². The highest BCUT2D eigenvalue weighted by atomic mass is 16.3. The molecule has 4 heterocycles. The minimum Gasteiger partial charge on any atom is -0.468 e. The lowest BCUT2D eigenvalue weighted by Crippen LogP contribution is -2.56. The van der Waals surface area contributed by atoms with Crippen LogP contribution >= 0.6 is 0 Å². The van der Waals surface area contributed by atoms with Gasteiger partial charge in [0.05, 0.1) is 18.3 Å². The molecule has 0 aromatic carbocycles. The van der Waals surface area contributed by atoms with Crippen molar-refractivity contribution in [1.82, 2.24) is 19.4 Å². The molecule has 0 saturated carbocycles. The number of imidazole rings is 1. The van der Waals surface area contributed by atoms with Gasteiger partial charge in [0, 0.05) is 38.1 Å². The summed E-state index contributed by atoms with van der Waals surface area (Å²) in [5.74, 6) is 2.33. The third kappa shape index (κ3) is 2.11. The fourth-order valence-corrected chi connectivity index (χ4v) is 4.06. The Labute approximate surface area is 131 Å². The van der Waals surface area contributed by atoms with Crippen LogP contribution in [0.4, 0.5) is 0 Å². The molecule has 1 fully saturated rings. The molecule has 0 amide bonds. The number of hydrogen-bond donors (Lipinski definition) is 0. The summed E-state index contributed by atoms with van der Waals surface area (Å²) in [5, 5.41) is 0. The van der Waals surface area contributed by atoms with Gasteiger partial charge in [0.25, 0.3) is 0 Å². The van der Waals surface area contributed by atoms with E-state index in [9.17, 15) is 0 Å². The highest BCUT2D eigenvalue weighted by Gasteiger charge is 2.45. The van der Waals surface area contributed by atoms with Gasteiger partial charge in [-0.15, -0.1) is 0 Å². The lowest BCUT2D eigenvalue weighted by molar-refractivity contribution is 0.00486. The first-order chi connectivity index (χ1) is 10.7. The minimum absolute atomic E-state index is 0.117. The van der Waals surface area contributed by atoms with Gasteiger partial charge in [-0.2, -0.15) is 0 Å². The smallest absolute Gasteiger partial charge is 0.129 e. The predicted molar refractivity (Wildman–Crippen MR) is 84.5 cm³/mol. The predicted octanol–water partition coefficient (Wildman–Crippen LogP) is 2.22. The number of aryl methyl sites for hydroxylation is 1. The molecule has 5 heteroatoms. The van der Waals surface area contributed by atoms with Gasteiger partial charge >= 0.3 is 0 Å². The van der Waals surface area contributed by atoms with Crippen LogP contribution in [0.2, 0.25) is 0 Å². The molecule has 1 saturated heterocycles. The first kappa shape index (κ1) is 14.0. The molecule has 22 heavy (non-hydrogen) atoms. The Kier molecular flexibility index (Phi) is 3.35. The van der Waals surface area contributed by atoms with Crippen molar-refractivity contribution in [2.45, 2.75) is 38.4 Å². The van der Waals surface area contributed by atoms with Crippen LogP contribution in [0.5, 0.6) is 0 Å². The zero-order chi connectivity index (χ0) is 15.2. The minimum atomic E-state index is 0.117. The van der Waals surface area contributed by atoms with Crippen molar-refractivity contribution in [1.29, 1.82) is 0 Å². The largest absolute Gasteiger partial charge is 0.468 e. The summed E-state index contributed by atoms with van der Waals surface area (Å²) in [6.45, 7) is 7.45. The number of rotatable bonds is 2. The lowest BCUT2D eigenvalue weighted by Gasteiger charge is -2.49. The van der Waals surface area contributed by atoms with E-state index < -0.39 is 0 Å². The van der Waals surface area contributed by atoms with Crippen molar-refractivity contribution in [3.8, 4) is 0 Å². The fourth-order valence-electron chi connectivity index (χ4n) is 4.06. The second kappa shape index (κ2) is 5.25. The molecule has 2 aliphatic rings. The van der Waals surface area contributed by atoms with Crippen molar-refractivity contribution in [2.75, 3.05) is 26.7 Å². The average molecular weight is 300 g/mol. The molecule has 0 atom stereocenters. The van der Waals surface area contributed by atoms with Crippen molar-refractivity contribution in [3.63, 3.8) is 0 Å². The van der Waals surface area contributed by atoms with E-state index in [0.717, 1.165) is 51.3 Å². The van der Waals surface area contributed by atoms with Crippen LogP contribution in [0.1, 0.15) is 30.1 Å². The summed E-state index contributed by atoms with van der Waals surface area (Å²) >= 11 is 0. The standard InChI is InChI=1S/C17H24N4O/c1-14-12-18-16-17(19(2)9-10-21(14)16)5-7-20(8-6-17)13-15-4-3-11-22-15/h3-4,11-12H,5-10,13H2,1-2H3. The molecule has 2 aromatic rings. The number of likely N-dealkylation sites (tertiary alicyclic amines) is 1. The molecule has 118 valence electrons. The maximum Gasteiger partial charge on any atom is 0.129 e. The zero-order valence-corrected chi connectivity index (χ0v) is 13.5. The molecule has 2 aromatic heterocycles. The van der Waals surface area contributed by atoms with Gasteiger partial charge in [-0.1, -0.05) is 0 Å². The SMILES string of the molecule is Cc1cnc2n1CCN(C)C21CCN(Cc2ccco2)CC1. The van der Waals surface area contributed by atoms with Crippen molar-refractivity contribution in [2.24, 2.45) is 0 Å². The first-order valence-electron chi connectivity index (χ1n) is 8.18. The number of furan rings is 1. The van der Waals surface area contributed by atoms with Gasteiger partial charge in [0.2, 0.25) is 0 Å². The molecule has 0 radical (unpaired) electrons. The number of aromatic nitrogens is 2. The monoisotopic (exact) mass is 300 g/mol. The van der Waals surface area contributed by atoms with Gasteiger partial charge in [-0.25, -0.2) is 4.98 Å². The molecule has 5 nitrogen and oxygen atoms in total. The molecule has 0 bridgehead atoms. The van der Waals surface area contributed by atoms with Crippen LogP contribution in [-0.4, -0.2) is 46.0 Å². The Morgan fingerprint density at radius 1 is 1.23 bits per heavy atom. The van der Waals surface area contributed by atoms with E-state index in [1.54, 1.807) is 6.26 Å². The van der Waals surface area contributed by atoms with Crippen LogP contribution in [-0.2, 0) is 18.6 Å². The summed E-state index contributed by atoms with van der Waals surface area (Å²) in [7, 11) is 2.26. The topological polar surface area (TPSA) is 37.4 Å². The second-order valence-electron chi connectivity index (χ2n) is 6.68. The number of hydrogen-bond acceptors (Lipinski definition) is 4. The zero-order valence-electron chi connectivity index (χ0n) is 13.5. The Bertz CT molecular complexity index is 638. The molecule has 1 spiro atoms. The van der Waals surface area contributed by atoms with E-state index in [1.165, 1.54) is 11.5 Å². The number of fused-ring (bicyclic) bond motifs is 2. The average Bonchev–Trinajstić information content (AvgIpc) is 3.16. The first-order valence-corrected chi connectivity index (χ1v) is 8.18. The third-order valence-corrected chi connectivity index (χ3v) is 5.50. The number of piperidine rings is 1. The lowest BCUT2D eigenvalue weighted by atomic mass is 9.83. The Hall–Kier alpha value is -1.59. The quantitative estimate of drug-likeness (QED) is 0.852. The van der Waals surface area contributed by atoms with E-state index in [-0.39, 0.29) is 5.54 Å². The highest BCUT2D eigenvalue weighted by Crippen LogP contribution is 2.40. The molecule has 2 aliphatic heterocycles. The summed E-state index contributed by atoms with van der Waals surface area (Å²) in [5.41, 5.74) is 1.41. The van der Waals surface area contributed by atoms with E-state index in [1.807, 2.05) is 12.3 Å². The number of nitrogens with zero attached hydrogens (tertiary/aromatic N) is 4. The molecule has 4 rings (SSSR count). The molecule has 0 unspecified atom stereocenters. The van der Waals surface area contributed by atoms with Crippen LogP contribution in [0.15, 0.2) is 29.0 Å². The maximum absolute atomic E-state index is 5.49.